The van der Waals surface area contributed by atoms with Crippen molar-refractivity contribution in [1.82, 2.24) is 0 Å². The average Bonchev–Trinajstić information content (AvgIpc) is 2.59. The summed E-state index contributed by atoms with van der Waals surface area (Å²) in [6.45, 7) is 5.57. The smallest absolute Gasteiger partial charge is 0.230 e. The minimum Gasteiger partial charge on any atom is -0.496 e. The number of fused-ring (bicyclic) bond motifs is 3. The standard InChI is InChI=1S/C17H16O3/c1-9-5-6-10-11(7-9)13(20-4)8-12-14(10)15(18)16(19)17(12,2)3/h5-8H,1-4H3. The predicted octanol–water partition coefficient (Wildman–Crippen LogP) is 3.20. The molecule has 0 atom stereocenters. The van der Waals surface area contributed by atoms with E-state index in [1.807, 2.05) is 31.2 Å². The lowest BCUT2D eigenvalue weighted by atomic mass is 9.84. The molecule has 0 aromatic heterocycles. The van der Waals surface area contributed by atoms with Crippen LogP contribution in [-0.4, -0.2) is 18.7 Å². The van der Waals surface area contributed by atoms with Crippen LogP contribution in [0.1, 0.15) is 35.3 Å². The Balaban J connectivity index is 2.50. The molecule has 1 aliphatic carbocycles. The fourth-order valence-electron chi connectivity index (χ4n) is 2.93. The van der Waals surface area contributed by atoms with Gasteiger partial charge in [0.05, 0.1) is 12.5 Å². The van der Waals surface area contributed by atoms with Crippen LogP contribution in [-0.2, 0) is 10.2 Å². The fourth-order valence-corrected chi connectivity index (χ4v) is 2.93. The van der Waals surface area contributed by atoms with Gasteiger partial charge in [-0.15, -0.1) is 0 Å². The van der Waals surface area contributed by atoms with Crippen molar-refractivity contribution in [3.63, 3.8) is 0 Å². The third kappa shape index (κ3) is 1.46. The summed E-state index contributed by atoms with van der Waals surface area (Å²) in [5, 5.41) is 1.68. The van der Waals surface area contributed by atoms with Gasteiger partial charge in [0.2, 0.25) is 11.6 Å². The number of hydrogen-bond donors (Lipinski definition) is 0. The van der Waals surface area contributed by atoms with E-state index in [2.05, 4.69) is 0 Å². The van der Waals surface area contributed by atoms with E-state index in [1.54, 1.807) is 21.0 Å². The number of benzene rings is 2. The molecule has 0 saturated heterocycles. The first-order valence-corrected chi connectivity index (χ1v) is 6.59. The molecule has 2 aromatic rings. The Kier molecular flexibility index (Phi) is 2.52. The normalized spacial score (nSPS) is 16.6. The first kappa shape index (κ1) is 12.9. The Labute approximate surface area is 117 Å². The monoisotopic (exact) mass is 268 g/mol. The van der Waals surface area contributed by atoms with Crippen molar-refractivity contribution in [3.05, 3.63) is 41.0 Å². The van der Waals surface area contributed by atoms with Crippen LogP contribution in [0.4, 0.5) is 0 Å². The zero-order valence-corrected chi connectivity index (χ0v) is 12.0. The Morgan fingerprint density at radius 3 is 2.40 bits per heavy atom. The maximum absolute atomic E-state index is 12.3. The summed E-state index contributed by atoms with van der Waals surface area (Å²) in [5.41, 5.74) is 1.61. The van der Waals surface area contributed by atoms with Gasteiger partial charge in [-0.2, -0.15) is 0 Å². The van der Waals surface area contributed by atoms with Crippen LogP contribution in [0.2, 0.25) is 0 Å². The van der Waals surface area contributed by atoms with Crippen molar-refractivity contribution in [2.45, 2.75) is 26.2 Å². The Hall–Kier alpha value is -2.16. The van der Waals surface area contributed by atoms with Gasteiger partial charge >= 0.3 is 0 Å². The van der Waals surface area contributed by atoms with Crippen molar-refractivity contribution in [3.8, 4) is 5.75 Å². The summed E-state index contributed by atoms with van der Waals surface area (Å²) in [4.78, 5) is 24.5. The van der Waals surface area contributed by atoms with E-state index in [0.717, 1.165) is 21.9 Å². The van der Waals surface area contributed by atoms with Crippen LogP contribution in [0.25, 0.3) is 10.8 Å². The summed E-state index contributed by atoms with van der Waals surface area (Å²) in [6, 6.07) is 7.67. The number of Topliss-reactive ketones (excluding diaryl/α,β-unsaturated/α-hetero) is 2. The van der Waals surface area contributed by atoms with E-state index in [9.17, 15) is 9.59 Å². The van der Waals surface area contributed by atoms with E-state index in [-0.39, 0.29) is 11.6 Å². The molecule has 0 aliphatic heterocycles. The Bertz CT molecular complexity index is 769. The zero-order chi connectivity index (χ0) is 14.7. The summed E-state index contributed by atoms with van der Waals surface area (Å²) < 4.78 is 5.45. The topological polar surface area (TPSA) is 43.4 Å². The molecule has 0 fully saturated rings. The lowest BCUT2D eigenvalue weighted by Crippen LogP contribution is -2.26. The molecule has 0 N–H and O–H groups in total. The number of carbonyl (C=O) groups excluding carboxylic acids is 2. The largest absolute Gasteiger partial charge is 0.496 e. The number of rotatable bonds is 1. The second-order valence-electron chi connectivity index (χ2n) is 5.83. The second kappa shape index (κ2) is 3.92. The molecule has 3 heteroatoms. The molecule has 3 nitrogen and oxygen atoms in total. The molecule has 0 heterocycles. The van der Waals surface area contributed by atoms with Crippen molar-refractivity contribution in [2.24, 2.45) is 0 Å². The lowest BCUT2D eigenvalue weighted by molar-refractivity contribution is -0.118. The SMILES string of the molecule is COc1cc2c(c3ccc(C)cc13)C(=O)C(=O)C2(C)C. The molecule has 1 aliphatic rings. The molecule has 0 spiro atoms. The van der Waals surface area contributed by atoms with E-state index in [4.69, 9.17) is 4.74 Å². The van der Waals surface area contributed by atoms with Crippen molar-refractivity contribution in [1.29, 1.82) is 0 Å². The second-order valence-corrected chi connectivity index (χ2v) is 5.83. The zero-order valence-electron chi connectivity index (χ0n) is 12.0. The van der Waals surface area contributed by atoms with Crippen molar-refractivity contribution >= 4 is 22.3 Å². The summed E-state index contributed by atoms with van der Waals surface area (Å²) >= 11 is 0. The van der Waals surface area contributed by atoms with Crippen LogP contribution in [0.5, 0.6) is 5.75 Å². The quantitative estimate of drug-likeness (QED) is 0.746. The van der Waals surface area contributed by atoms with Crippen molar-refractivity contribution < 1.29 is 14.3 Å². The minimum atomic E-state index is -0.779. The molecule has 0 amide bonds. The number of aryl methyl sites for hydroxylation is 1. The van der Waals surface area contributed by atoms with E-state index in [0.29, 0.717) is 11.3 Å². The van der Waals surface area contributed by atoms with Gasteiger partial charge in [-0.25, -0.2) is 0 Å². The molecule has 102 valence electrons. The first-order valence-electron chi connectivity index (χ1n) is 6.59. The molecular weight excluding hydrogens is 252 g/mol. The number of carbonyl (C=O) groups is 2. The van der Waals surface area contributed by atoms with Gasteiger partial charge in [-0.3, -0.25) is 9.59 Å². The van der Waals surface area contributed by atoms with Crippen LogP contribution < -0.4 is 4.74 Å². The summed E-state index contributed by atoms with van der Waals surface area (Å²) in [5.74, 6) is -0.0258. The minimum absolute atomic E-state index is 0.345. The molecule has 2 aromatic carbocycles. The van der Waals surface area contributed by atoms with Crippen LogP contribution >= 0.6 is 0 Å². The van der Waals surface area contributed by atoms with Gasteiger partial charge in [0.15, 0.2) is 0 Å². The number of ether oxygens (including phenoxy) is 1. The third-order valence-corrected chi connectivity index (χ3v) is 4.15. The van der Waals surface area contributed by atoms with Gasteiger partial charge in [-0.1, -0.05) is 17.7 Å². The number of methoxy groups -OCH3 is 1. The molecule has 3 rings (SSSR count). The van der Waals surface area contributed by atoms with Crippen molar-refractivity contribution in [2.75, 3.05) is 7.11 Å². The highest BCUT2D eigenvalue weighted by atomic mass is 16.5. The molecule has 0 bridgehead atoms. The maximum Gasteiger partial charge on any atom is 0.230 e. The molecule has 20 heavy (non-hydrogen) atoms. The third-order valence-electron chi connectivity index (χ3n) is 4.15. The van der Waals surface area contributed by atoms with Crippen LogP contribution in [0.3, 0.4) is 0 Å². The fraction of sp³-hybridized carbons (Fsp3) is 0.294. The molecular formula is C17H16O3. The lowest BCUT2D eigenvalue weighted by Gasteiger charge is -2.18. The highest BCUT2D eigenvalue weighted by molar-refractivity contribution is 6.52. The summed E-state index contributed by atoms with van der Waals surface area (Å²) in [6.07, 6.45) is 0. The van der Waals surface area contributed by atoms with Crippen LogP contribution in [0, 0.1) is 6.92 Å². The maximum atomic E-state index is 12.3. The molecule has 0 unspecified atom stereocenters. The van der Waals surface area contributed by atoms with Gasteiger partial charge in [0.25, 0.3) is 0 Å². The highest BCUT2D eigenvalue weighted by Crippen LogP contribution is 2.43. The molecule has 0 saturated carbocycles. The van der Waals surface area contributed by atoms with Gasteiger partial charge < -0.3 is 4.74 Å². The predicted molar refractivity (Wildman–Crippen MR) is 77.6 cm³/mol. The summed E-state index contributed by atoms with van der Waals surface area (Å²) in [7, 11) is 1.61. The van der Waals surface area contributed by atoms with E-state index < -0.39 is 5.41 Å². The Morgan fingerprint density at radius 1 is 1.05 bits per heavy atom. The van der Waals surface area contributed by atoms with E-state index >= 15 is 0 Å². The van der Waals surface area contributed by atoms with Gasteiger partial charge in [0.1, 0.15) is 5.75 Å². The van der Waals surface area contributed by atoms with Gasteiger partial charge in [0, 0.05) is 10.9 Å². The number of hydrogen-bond acceptors (Lipinski definition) is 3. The van der Waals surface area contributed by atoms with Crippen LogP contribution in [0.15, 0.2) is 24.3 Å². The average molecular weight is 268 g/mol. The highest BCUT2D eigenvalue weighted by Gasteiger charge is 2.46. The van der Waals surface area contributed by atoms with Gasteiger partial charge in [-0.05, 0) is 43.9 Å². The number of ketones is 2. The Morgan fingerprint density at radius 2 is 1.75 bits per heavy atom. The molecule has 0 radical (unpaired) electrons. The van der Waals surface area contributed by atoms with E-state index in [1.165, 1.54) is 0 Å². The first-order chi connectivity index (χ1) is 9.37.